The number of hydrogen-bond donors (Lipinski definition) is 2. The van der Waals surface area contributed by atoms with Crippen molar-refractivity contribution in [3.63, 3.8) is 0 Å². The lowest BCUT2D eigenvalue weighted by atomic mass is 10.1. The highest BCUT2D eigenvalue weighted by Gasteiger charge is 2.17. The van der Waals surface area contributed by atoms with Gasteiger partial charge in [-0.15, -0.1) is 0 Å². The molecule has 0 bridgehead atoms. The third-order valence-corrected chi connectivity index (χ3v) is 6.34. The van der Waals surface area contributed by atoms with Gasteiger partial charge in [-0.3, -0.25) is 9.52 Å². The molecular formula is C22H19Cl2FN2O4S. The van der Waals surface area contributed by atoms with E-state index in [1.807, 2.05) is 0 Å². The number of sulfonamides is 1. The summed E-state index contributed by atoms with van der Waals surface area (Å²) in [6.07, 6.45) is 0. The molecule has 0 spiro atoms. The molecule has 3 rings (SSSR count). The van der Waals surface area contributed by atoms with Crippen molar-refractivity contribution in [1.29, 1.82) is 0 Å². The van der Waals surface area contributed by atoms with Crippen LogP contribution in [0.3, 0.4) is 0 Å². The summed E-state index contributed by atoms with van der Waals surface area (Å²) in [6.45, 7) is 1.42. The molecule has 1 amide bonds. The predicted molar refractivity (Wildman–Crippen MR) is 122 cm³/mol. The molecule has 1 atom stereocenters. The Morgan fingerprint density at radius 1 is 1.03 bits per heavy atom. The molecule has 0 aromatic heterocycles. The number of nitrogens with one attached hydrogen (secondary N) is 2. The minimum absolute atomic E-state index is 0.0309. The minimum atomic E-state index is -3.89. The van der Waals surface area contributed by atoms with Crippen LogP contribution in [0.5, 0.6) is 5.75 Å². The number of amides is 1. The highest BCUT2D eigenvalue weighted by Crippen LogP contribution is 2.28. The van der Waals surface area contributed by atoms with Gasteiger partial charge in [0.05, 0.1) is 16.0 Å². The molecule has 0 fully saturated rings. The zero-order valence-electron chi connectivity index (χ0n) is 16.8. The lowest BCUT2D eigenvalue weighted by Crippen LogP contribution is -2.31. The SMILES string of the molecule is CC(NC(=O)COc1ccc(S(=O)(=O)Nc2ccc(Cl)cc2)cc1Cl)c1ccc(F)cc1. The summed E-state index contributed by atoms with van der Waals surface area (Å²) < 4.78 is 46.0. The smallest absolute Gasteiger partial charge is 0.261 e. The maximum atomic E-state index is 13.0. The summed E-state index contributed by atoms with van der Waals surface area (Å²) in [4.78, 5) is 12.1. The van der Waals surface area contributed by atoms with Crippen LogP contribution in [0.1, 0.15) is 18.5 Å². The number of halogens is 3. The number of anilines is 1. The number of carbonyl (C=O) groups is 1. The number of benzene rings is 3. The first-order valence-corrected chi connectivity index (χ1v) is 11.6. The van der Waals surface area contributed by atoms with E-state index in [9.17, 15) is 17.6 Å². The van der Waals surface area contributed by atoms with Gasteiger partial charge in [0.15, 0.2) is 6.61 Å². The van der Waals surface area contributed by atoms with Gasteiger partial charge in [-0.05, 0) is 67.1 Å². The van der Waals surface area contributed by atoms with Crippen molar-refractivity contribution in [2.75, 3.05) is 11.3 Å². The highest BCUT2D eigenvalue weighted by atomic mass is 35.5. The largest absolute Gasteiger partial charge is 0.482 e. The van der Waals surface area contributed by atoms with Crippen molar-refractivity contribution in [1.82, 2.24) is 5.32 Å². The molecule has 3 aromatic carbocycles. The molecule has 0 aliphatic rings. The van der Waals surface area contributed by atoms with Gasteiger partial charge < -0.3 is 10.1 Å². The van der Waals surface area contributed by atoms with Crippen LogP contribution in [0.25, 0.3) is 0 Å². The summed E-state index contributed by atoms with van der Waals surface area (Å²) in [5.41, 5.74) is 1.08. The maximum absolute atomic E-state index is 13.0. The van der Waals surface area contributed by atoms with Crippen LogP contribution < -0.4 is 14.8 Å². The van der Waals surface area contributed by atoms with Gasteiger partial charge in [-0.2, -0.15) is 0 Å². The molecule has 0 heterocycles. The summed E-state index contributed by atoms with van der Waals surface area (Å²) in [7, 11) is -3.89. The van der Waals surface area contributed by atoms with E-state index in [0.29, 0.717) is 10.7 Å². The second-order valence-corrected chi connectivity index (χ2v) is 9.36. The van der Waals surface area contributed by atoms with Gasteiger partial charge >= 0.3 is 0 Å². The molecule has 10 heteroatoms. The number of rotatable bonds is 8. The van der Waals surface area contributed by atoms with Crippen molar-refractivity contribution in [3.8, 4) is 5.75 Å². The number of hydrogen-bond acceptors (Lipinski definition) is 4. The second kappa shape index (κ2) is 10.2. The molecule has 0 aliphatic carbocycles. The Kier molecular flexibility index (Phi) is 7.60. The molecule has 0 aliphatic heterocycles. The fraction of sp³-hybridized carbons (Fsp3) is 0.136. The first-order valence-electron chi connectivity index (χ1n) is 9.39. The second-order valence-electron chi connectivity index (χ2n) is 6.83. The maximum Gasteiger partial charge on any atom is 0.261 e. The monoisotopic (exact) mass is 496 g/mol. The molecule has 32 heavy (non-hydrogen) atoms. The summed E-state index contributed by atoms with van der Waals surface area (Å²) in [5.74, 6) is -0.625. The highest BCUT2D eigenvalue weighted by molar-refractivity contribution is 7.92. The van der Waals surface area contributed by atoms with Crippen molar-refractivity contribution in [2.45, 2.75) is 17.9 Å². The van der Waals surface area contributed by atoms with Crippen LogP contribution in [-0.2, 0) is 14.8 Å². The van der Waals surface area contributed by atoms with Crippen LogP contribution in [0.4, 0.5) is 10.1 Å². The van der Waals surface area contributed by atoms with Crippen molar-refractivity contribution < 1.29 is 22.3 Å². The fourth-order valence-corrected chi connectivity index (χ4v) is 4.27. The fourth-order valence-electron chi connectivity index (χ4n) is 2.76. The Labute approximate surface area is 195 Å². The van der Waals surface area contributed by atoms with E-state index in [1.165, 1.54) is 42.5 Å². The standard InChI is InChI=1S/C22H19Cl2FN2O4S/c1-14(15-2-6-17(25)7-3-15)26-22(28)13-31-21-11-10-19(12-20(21)24)32(29,30)27-18-8-4-16(23)5-9-18/h2-12,14,27H,13H2,1H3,(H,26,28). The third-order valence-electron chi connectivity index (χ3n) is 4.42. The van der Waals surface area contributed by atoms with Gasteiger partial charge in [0.25, 0.3) is 15.9 Å². The minimum Gasteiger partial charge on any atom is -0.482 e. The molecule has 168 valence electrons. The average molecular weight is 497 g/mol. The van der Waals surface area contributed by atoms with E-state index in [-0.39, 0.29) is 34.1 Å². The first-order chi connectivity index (χ1) is 15.1. The van der Waals surface area contributed by atoms with Crippen LogP contribution >= 0.6 is 23.2 Å². The number of ether oxygens (including phenoxy) is 1. The zero-order valence-corrected chi connectivity index (χ0v) is 19.1. The first kappa shape index (κ1) is 23.8. The molecular weight excluding hydrogens is 478 g/mol. The van der Waals surface area contributed by atoms with E-state index in [1.54, 1.807) is 31.2 Å². The van der Waals surface area contributed by atoms with Gasteiger partial charge in [-0.25, -0.2) is 12.8 Å². The van der Waals surface area contributed by atoms with Crippen LogP contribution in [-0.4, -0.2) is 20.9 Å². The van der Waals surface area contributed by atoms with Crippen molar-refractivity contribution in [3.05, 3.63) is 88.2 Å². The zero-order chi connectivity index (χ0) is 23.3. The molecule has 0 radical (unpaired) electrons. The Bertz CT molecular complexity index is 1200. The Morgan fingerprint density at radius 2 is 1.69 bits per heavy atom. The molecule has 2 N–H and O–H groups in total. The number of carbonyl (C=O) groups excluding carboxylic acids is 1. The topological polar surface area (TPSA) is 84.5 Å². The van der Waals surface area contributed by atoms with E-state index in [2.05, 4.69) is 10.0 Å². The van der Waals surface area contributed by atoms with Crippen molar-refractivity contribution >= 4 is 44.8 Å². The molecule has 3 aromatic rings. The van der Waals surface area contributed by atoms with E-state index >= 15 is 0 Å². The summed E-state index contributed by atoms with van der Waals surface area (Å²) in [6, 6.07) is 15.5. The van der Waals surface area contributed by atoms with Crippen LogP contribution in [0.15, 0.2) is 71.6 Å². The van der Waals surface area contributed by atoms with Gasteiger partial charge in [0.2, 0.25) is 0 Å². The van der Waals surface area contributed by atoms with E-state index in [0.717, 1.165) is 5.56 Å². The molecule has 0 saturated carbocycles. The Balaban J connectivity index is 1.60. The average Bonchev–Trinajstić information content (AvgIpc) is 2.74. The quantitative estimate of drug-likeness (QED) is 0.449. The molecule has 0 saturated heterocycles. The summed E-state index contributed by atoms with van der Waals surface area (Å²) in [5, 5.41) is 3.24. The molecule has 1 unspecified atom stereocenters. The predicted octanol–water partition coefficient (Wildman–Crippen LogP) is 5.19. The molecule has 6 nitrogen and oxygen atoms in total. The van der Waals surface area contributed by atoms with Crippen molar-refractivity contribution in [2.24, 2.45) is 0 Å². The van der Waals surface area contributed by atoms with E-state index < -0.39 is 15.9 Å². The van der Waals surface area contributed by atoms with E-state index in [4.69, 9.17) is 27.9 Å². The Morgan fingerprint density at radius 3 is 2.31 bits per heavy atom. The van der Waals surface area contributed by atoms with Gasteiger partial charge in [-0.1, -0.05) is 35.3 Å². The summed E-state index contributed by atoms with van der Waals surface area (Å²) >= 11 is 12.0. The Hall–Kier alpha value is -2.81. The lowest BCUT2D eigenvalue weighted by molar-refractivity contribution is -0.123. The third kappa shape index (κ3) is 6.35. The van der Waals surface area contributed by atoms with Gasteiger partial charge in [0, 0.05) is 10.7 Å². The normalized spacial score (nSPS) is 12.1. The van der Waals surface area contributed by atoms with Crippen LogP contribution in [0.2, 0.25) is 10.0 Å². The lowest BCUT2D eigenvalue weighted by Gasteiger charge is -2.15. The van der Waals surface area contributed by atoms with Gasteiger partial charge in [0.1, 0.15) is 11.6 Å². The van der Waals surface area contributed by atoms with Crippen LogP contribution in [0, 0.1) is 5.82 Å².